The minimum Gasteiger partial charge on any atom is -0.492 e. The Bertz CT molecular complexity index is 600. The maximum Gasteiger partial charge on any atom is 0.273 e. The molecule has 0 bridgehead atoms. The molecule has 0 saturated heterocycles. The van der Waals surface area contributed by atoms with Gasteiger partial charge in [0.15, 0.2) is 0 Å². The number of nitrogens with zero attached hydrogens (tertiary/aromatic N) is 2. The number of rotatable bonds is 5. The molecule has 2 rings (SSSR count). The van der Waals surface area contributed by atoms with Gasteiger partial charge in [0.25, 0.3) is 5.91 Å². The zero-order chi connectivity index (χ0) is 14.5. The molecule has 1 aromatic heterocycles. The van der Waals surface area contributed by atoms with E-state index in [1.807, 2.05) is 0 Å². The maximum atomic E-state index is 12.0. The Morgan fingerprint density at radius 1 is 1.55 bits per heavy atom. The van der Waals surface area contributed by atoms with E-state index in [0.29, 0.717) is 29.6 Å². The molecule has 1 aromatic carbocycles. The second-order valence-electron chi connectivity index (χ2n) is 4.23. The molecule has 0 aliphatic heterocycles. The fourth-order valence-corrected chi connectivity index (χ4v) is 1.80. The van der Waals surface area contributed by atoms with Crippen LogP contribution in [0, 0.1) is 0 Å². The molecule has 1 amide bonds. The number of nitrogens with two attached hydrogens (primary N) is 1. The molecule has 0 unspecified atom stereocenters. The van der Waals surface area contributed by atoms with Gasteiger partial charge >= 0.3 is 0 Å². The molecule has 20 heavy (non-hydrogen) atoms. The Kier molecular flexibility index (Phi) is 4.47. The Balaban J connectivity index is 1.85. The Hall–Kier alpha value is -2.21. The lowest BCUT2D eigenvalue weighted by Gasteiger charge is -2.17. The lowest BCUT2D eigenvalue weighted by Crippen LogP contribution is -2.31. The molecular weight excluding hydrogens is 280 g/mol. The molecule has 0 fully saturated rings. The summed E-state index contributed by atoms with van der Waals surface area (Å²) in [7, 11) is 1.67. The Morgan fingerprint density at radius 2 is 2.35 bits per heavy atom. The fraction of sp³-hybridized carbons (Fsp3) is 0.231. The number of aromatic amines is 1. The third-order valence-electron chi connectivity index (χ3n) is 2.72. The summed E-state index contributed by atoms with van der Waals surface area (Å²) in [6.45, 7) is 0.778. The maximum absolute atomic E-state index is 12.0. The summed E-state index contributed by atoms with van der Waals surface area (Å²) < 4.78 is 5.52. The summed E-state index contributed by atoms with van der Waals surface area (Å²) in [6.07, 6.45) is 1.41. The first kappa shape index (κ1) is 14.2. The van der Waals surface area contributed by atoms with Gasteiger partial charge in [-0.05, 0) is 18.2 Å². The second-order valence-corrected chi connectivity index (χ2v) is 4.67. The summed E-state index contributed by atoms with van der Waals surface area (Å²) in [5.41, 5.74) is 6.25. The predicted molar refractivity (Wildman–Crippen MR) is 76.9 cm³/mol. The van der Waals surface area contributed by atoms with Crippen LogP contribution in [0.1, 0.15) is 10.5 Å². The predicted octanol–water partition coefficient (Wildman–Crippen LogP) is 1.80. The number of aromatic nitrogens is 2. The van der Waals surface area contributed by atoms with E-state index in [-0.39, 0.29) is 11.6 Å². The van der Waals surface area contributed by atoms with Crippen LogP contribution in [0.4, 0.5) is 5.69 Å². The van der Waals surface area contributed by atoms with Crippen molar-refractivity contribution in [3.63, 3.8) is 0 Å². The number of ether oxygens (including phenoxy) is 1. The minimum absolute atomic E-state index is 0.227. The summed E-state index contributed by atoms with van der Waals surface area (Å²) in [5.74, 6) is 0.439. The minimum atomic E-state index is -0.227. The molecule has 0 saturated carbocycles. The number of anilines is 1. The van der Waals surface area contributed by atoms with Gasteiger partial charge in [-0.1, -0.05) is 17.7 Å². The Morgan fingerprint density at radius 3 is 3.00 bits per heavy atom. The van der Waals surface area contributed by atoms with Gasteiger partial charge in [0.1, 0.15) is 18.1 Å². The summed E-state index contributed by atoms with van der Waals surface area (Å²) >= 11 is 5.85. The van der Waals surface area contributed by atoms with Crippen molar-refractivity contribution < 1.29 is 9.53 Å². The van der Waals surface area contributed by atoms with Crippen LogP contribution >= 0.6 is 11.6 Å². The van der Waals surface area contributed by atoms with Crippen molar-refractivity contribution in [2.45, 2.75) is 0 Å². The van der Waals surface area contributed by atoms with Gasteiger partial charge in [-0.2, -0.15) is 5.10 Å². The molecular formula is C13H15ClN4O2. The number of carbonyl (C=O) groups excluding carboxylic acids is 1. The highest BCUT2D eigenvalue weighted by Gasteiger charge is 2.16. The van der Waals surface area contributed by atoms with Gasteiger partial charge < -0.3 is 15.4 Å². The highest BCUT2D eigenvalue weighted by molar-refractivity contribution is 6.30. The highest BCUT2D eigenvalue weighted by atomic mass is 35.5. The SMILES string of the molecule is CN(CCOc1cccc(Cl)c1)C(=O)c1[nH]ncc1N. The number of likely N-dealkylation sites (N-methyl/N-ethyl adjacent to an activating group) is 1. The van der Waals surface area contributed by atoms with E-state index in [1.165, 1.54) is 11.1 Å². The number of nitrogen functional groups attached to an aromatic ring is 1. The van der Waals surface area contributed by atoms with Crippen molar-refractivity contribution in [3.8, 4) is 5.75 Å². The van der Waals surface area contributed by atoms with Crippen molar-refractivity contribution in [3.05, 3.63) is 41.2 Å². The third kappa shape index (κ3) is 3.42. The van der Waals surface area contributed by atoms with E-state index in [0.717, 1.165) is 0 Å². The number of hydrogen-bond acceptors (Lipinski definition) is 4. The van der Waals surface area contributed by atoms with Gasteiger partial charge in [-0.15, -0.1) is 0 Å². The van der Waals surface area contributed by atoms with Gasteiger partial charge in [-0.25, -0.2) is 0 Å². The van der Waals surface area contributed by atoms with Gasteiger partial charge in [0, 0.05) is 12.1 Å². The smallest absolute Gasteiger partial charge is 0.273 e. The lowest BCUT2D eigenvalue weighted by atomic mass is 10.3. The van der Waals surface area contributed by atoms with Crippen LogP contribution in [0.15, 0.2) is 30.5 Å². The average molecular weight is 295 g/mol. The molecule has 1 heterocycles. The largest absolute Gasteiger partial charge is 0.492 e. The van der Waals surface area contributed by atoms with Crippen LogP contribution in [0.5, 0.6) is 5.75 Å². The molecule has 3 N–H and O–H groups in total. The van der Waals surface area contributed by atoms with E-state index >= 15 is 0 Å². The van der Waals surface area contributed by atoms with E-state index in [2.05, 4.69) is 10.2 Å². The van der Waals surface area contributed by atoms with Gasteiger partial charge in [-0.3, -0.25) is 9.89 Å². The van der Waals surface area contributed by atoms with Crippen LogP contribution in [0.25, 0.3) is 0 Å². The number of H-pyrrole nitrogens is 1. The van der Waals surface area contributed by atoms with Crippen LogP contribution in [-0.2, 0) is 0 Å². The highest BCUT2D eigenvalue weighted by Crippen LogP contribution is 2.17. The van der Waals surface area contributed by atoms with Crippen LogP contribution in [0.3, 0.4) is 0 Å². The number of halogens is 1. The average Bonchev–Trinajstić information content (AvgIpc) is 2.84. The van der Waals surface area contributed by atoms with Crippen LogP contribution in [-0.4, -0.2) is 41.2 Å². The van der Waals surface area contributed by atoms with Crippen molar-refractivity contribution >= 4 is 23.2 Å². The van der Waals surface area contributed by atoms with Crippen LogP contribution < -0.4 is 10.5 Å². The molecule has 0 spiro atoms. The molecule has 106 valence electrons. The first-order chi connectivity index (χ1) is 9.58. The summed E-state index contributed by atoms with van der Waals surface area (Å²) in [5, 5.41) is 6.91. The monoisotopic (exact) mass is 294 g/mol. The Labute approximate surface area is 121 Å². The first-order valence-electron chi connectivity index (χ1n) is 6.00. The number of benzene rings is 1. The lowest BCUT2D eigenvalue weighted by molar-refractivity contribution is 0.0769. The zero-order valence-electron chi connectivity index (χ0n) is 11.0. The molecule has 0 radical (unpaired) electrons. The standard InChI is InChI=1S/C13H15ClN4O2/c1-18(13(19)12-11(15)8-16-17-12)5-6-20-10-4-2-3-9(14)7-10/h2-4,7-8H,5-6,15H2,1H3,(H,16,17). The molecule has 7 heteroatoms. The van der Waals surface area contributed by atoms with Crippen molar-refractivity contribution in [2.75, 3.05) is 25.9 Å². The molecule has 0 atom stereocenters. The second kappa shape index (κ2) is 6.29. The van der Waals surface area contributed by atoms with Gasteiger partial charge in [0.05, 0.1) is 18.4 Å². The van der Waals surface area contributed by atoms with E-state index < -0.39 is 0 Å². The van der Waals surface area contributed by atoms with Crippen molar-refractivity contribution in [1.29, 1.82) is 0 Å². The van der Waals surface area contributed by atoms with Crippen molar-refractivity contribution in [1.82, 2.24) is 15.1 Å². The number of carbonyl (C=O) groups is 1. The summed E-state index contributed by atoms with van der Waals surface area (Å²) in [6, 6.07) is 7.10. The topological polar surface area (TPSA) is 84.2 Å². The van der Waals surface area contributed by atoms with E-state index in [4.69, 9.17) is 22.1 Å². The van der Waals surface area contributed by atoms with Crippen molar-refractivity contribution in [2.24, 2.45) is 0 Å². The molecule has 6 nitrogen and oxygen atoms in total. The number of nitrogens with one attached hydrogen (secondary N) is 1. The van der Waals surface area contributed by atoms with E-state index in [1.54, 1.807) is 31.3 Å². The number of amides is 1. The third-order valence-corrected chi connectivity index (χ3v) is 2.96. The molecule has 2 aromatic rings. The molecule has 0 aliphatic carbocycles. The fourth-order valence-electron chi connectivity index (χ4n) is 1.62. The van der Waals surface area contributed by atoms with Gasteiger partial charge in [0.2, 0.25) is 0 Å². The normalized spacial score (nSPS) is 10.3. The summed E-state index contributed by atoms with van der Waals surface area (Å²) in [4.78, 5) is 13.5. The van der Waals surface area contributed by atoms with Crippen LogP contribution in [0.2, 0.25) is 5.02 Å². The molecule has 0 aliphatic rings. The quantitative estimate of drug-likeness (QED) is 0.880. The number of hydrogen-bond donors (Lipinski definition) is 2. The van der Waals surface area contributed by atoms with E-state index in [9.17, 15) is 4.79 Å². The first-order valence-corrected chi connectivity index (χ1v) is 6.38. The zero-order valence-corrected chi connectivity index (χ0v) is 11.7.